The Kier molecular flexibility index (Phi) is 3.87. The van der Waals surface area contributed by atoms with E-state index in [2.05, 4.69) is 15.3 Å². The number of aromatic nitrogens is 2. The monoisotopic (exact) mass is 266 g/mol. The van der Waals surface area contributed by atoms with Crippen molar-refractivity contribution >= 4 is 17.7 Å². The number of rotatable bonds is 6. The summed E-state index contributed by atoms with van der Waals surface area (Å²) in [6, 6.07) is 1.85. The second-order valence-corrected chi connectivity index (χ2v) is 5.57. The van der Waals surface area contributed by atoms with Crippen LogP contribution in [0.1, 0.15) is 18.5 Å². The SMILES string of the molecule is CNC(CSc1nccc(C)n1)(C(N)=O)C1CC1. The maximum atomic E-state index is 11.7. The van der Waals surface area contributed by atoms with Crippen molar-refractivity contribution < 1.29 is 4.79 Å². The number of likely N-dealkylation sites (N-methyl/N-ethyl adjacent to an activating group) is 1. The van der Waals surface area contributed by atoms with Crippen molar-refractivity contribution in [3.8, 4) is 0 Å². The van der Waals surface area contributed by atoms with Crippen molar-refractivity contribution in [2.24, 2.45) is 11.7 Å². The van der Waals surface area contributed by atoms with Gasteiger partial charge in [0.1, 0.15) is 5.54 Å². The van der Waals surface area contributed by atoms with E-state index in [0.29, 0.717) is 16.8 Å². The van der Waals surface area contributed by atoms with Crippen LogP contribution >= 0.6 is 11.8 Å². The Bertz CT molecular complexity index is 449. The molecular weight excluding hydrogens is 248 g/mol. The zero-order chi connectivity index (χ0) is 13.2. The van der Waals surface area contributed by atoms with E-state index in [9.17, 15) is 4.79 Å². The molecule has 6 heteroatoms. The van der Waals surface area contributed by atoms with E-state index in [1.165, 1.54) is 11.8 Å². The van der Waals surface area contributed by atoms with Crippen LogP contribution in [0.5, 0.6) is 0 Å². The first-order chi connectivity index (χ1) is 8.58. The Morgan fingerprint density at radius 1 is 1.67 bits per heavy atom. The normalized spacial score (nSPS) is 18.3. The van der Waals surface area contributed by atoms with Crippen molar-refractivity contribution in [1.82, 2.24) is 15.3 Å². The molecule has 1 atom stereocenters. The fraction of sp³-hybridized carbons (Fsp3) is 0.583. The third-order valence-electron chi connectivity index (χ3n) is 3.36. The van der Waals surface area contributed by atoms with Gasteiger partial charge in [0.25, 0.3) is 0 Å². The standard InChI is InChI=1S/C12H18N4OS/c1-8-5-6-15-11(16-8)18-7-12(14-2,10(13)17)9-3-4-9/h5-6,9,14H,3-4,7H2,1-2H3,(H2,13,17). The van der Waals surface area contributed by atoms with Gasteiger partial charge >= 0.3 is 0 Å². The molecule has 0 spiro atoms. The maximum absolute atomic E-state index is 11.7. The molecule has 18 heavy (non-hydrogen) atoms. The quantitative estimate of drug-likeness (QED) is 0.586. The molecule has 5 nitrogen and oxygen atoms in total. The fourth-order valence-corrected chi connectivity index (χ4v) is 3.26. The Morgan fingerprint density at radius 2 is 2.39 bits per heavy atom. The van der Waals surface area contributed by atoms with Crippen LogP contribution in [-0.4, -0.2) is 34.2 Å². The highest BCUT2D eigenvalue weighted by molar-refractivity contribution is 7.99. The van der Waals surface area contributed by atoms with Crippen molar-refractivity contribution in [3.05, 3.63) is 18.0 Å². The van der Waals surface area contributed by atoms with Crippen molar-refractivity contribution in [2.45, 2.75) is 30.5 Å². The highest BCUT2D eigenvalue weighted by atomic mass is 32.2. The molecule has 1 saturated carbocycles. The van der Waals surface area contributed by atoms with Crippen LogP contribution in [0, 0.1) is 12.8 Å². The van der Waals surface area contributed by atoms with Gasteiger partial charge in [0.05, 0.1) is 0 Å². The number of carbonyl (C=O) groups is 1. The lowest BCUT2D eigenvalue weighted by Crippen LogP contribution is -2.57. The molecule has 1 aromatic rings. The second-order valence-electron chi connectivity index (χ2n) is 4.63. The zero-order valence-electron chi connectivity index (χ0n) is 10.6. The summed E-state index contributed by atoms with van der Waals surface area (Å²) >= 11 is 1.48. The smallest absolute Gasteiger partial charge is 0.238 e. The molecule has 1 heterocycles. The van der Waals surface area contributed by atoms with Crippen LogP contribution in [0.4, 0.5) is 0 Å². The van der Waals surface area contributed by atoms with Gasteiger partial charge in [-0.3, -0.25) is 4.79 Å². The lowest BCUT2D eigenvalue weighted by Gasteiger charge is -2.29. The first kappa shape index (κ1) is 13.3. The molecule has 0 aromatic carbocycles. The summed E-state index contributed by atoms with van der Waals surface area (Å²) in [5.74, 6) is 0.636. The zero-order valence-corrected chi connectivity index (χ0v) is 11.5. The predicted molar refractivity (Wildman–Crippen MR) is 71.2 cm³/mol. The third kappa shape index (κ3) is 2.64. The van der Waals surface area contributed by atoms with E-state index in [4.69, 9.17) is 5.73 Å². The number of primary amides is 1. The summed E-state index contributed by atoms with van der Waals surface area (Å²) in [5.41, 5.74) is 5.86. The Labute approximate surface area is 111 Å². The van der Waals surface area contributed by atoms with E-state index in [1.54, 1.807) is 13.2 Å². The number of aryl methyl sites for hydroxylation is 1. The molecule has 1 aliphatic rings. The Balaban J connectivity index is 2.08. The van der Waals surface area contributed by atoms with Gasteiger partial charge in [-0.15, -0.1) is 0 Å². The molecule has 0 radical (unpaired) electrons. The van der Waals surface area contributed by atoms with E-state index < -0.39 is 5.54 Å². The molecule has 1 aliphatic carbocycles. The van der Waals surface area contributed by atoms with Gasteiger partial charge in [-0.05, 0) is 38.8 Å². The third-order valence-corrected chi connectivity index (χ3v) is 4.42. The molecular formula is C12H18N4OS. The van der Waals surface area contributed by atoms with Gasteiger partial charge in [0.15, 0.2) is 5.16 Å². The number of nitrogens with two attached hydrogens (primary N) is 1. The average Bonchev–Trinajstić information content (AvgIpc) is 3.15. The van der Waals surface area contributed by atoms with Gasteiger partial charge in [0.2, 0.25) is 5.91 Å². The summed E-state index contributed by atoms with van der Waals surface area (Å²) < 4.78 is 0. The number of carbonyl (C=O) groups excluding carboxylic acids is 1. The molecule has 3 N–H and O–H groups in total. The summed E-state index contributed by atoms with van der Waals surface area (Å²) in [7, 11) is 1.79. The van der Waals surface area contributed by atoms with Gasteiger partial charge in [-0.2, -0.15) is 0 Å². The van der Waals surface area contributed by atoms with Crippen LogP contribution in [0.3, 0.4) is 0 Å². The minimum atomic E-state index is -0.627. The molecule has 1 fully saturated rings. The molecule has 98 valence electrons. The Hall–Kier alpha value is -1.14. The summed E-state index contributed by atoms with van der Waals surface area (Å²) in [6.07, 6.45) is 3.84. The van der Waals surface area contributed by atoms with E-state index in [1.807, 2.05) is 13.0 Å². The molecule has 1 unspecified atom stereocenters. The summed E-state index contributed by atoms with van der Waals surface area (Å²) in [6.45, 7) is 1.92. The first-order valence-corrected chi connectivity index (χ1v) is 6.98. The molecule has 2 rings (SSSR count). The van der Waals surface area contributed by atoms with E-state index in [0.717, 1.165) is 18.5 Å². The van der Waals surface area contributed by atoms with Crippen molar-refractivity contribution in [1.29, 1.82) is 0 Å². The number of nitrogens with one attached hydrogen (secondary N) is 1. The van der Waals surface area contributed by atoms with Gasteiger partial charge in [-0.1, -0.05) is 11.8 Å². The highest BCUT2D eigenvalue weighted by Crippen LogP contribution is 2.41. The number of hydrogen-bond acceptors (Lipinski definition) is 5. The lowest BCUT2D eigenvalue weighted by atomic mass is 9.95. The minimum Gasteiger partial charge on any atom is -0.368 e. The Morgan fingerprint density at radius 3 is 2.89 bits per heavy atom. The number of amides is 1. The maximum Gasteiger partial charge on any atom is 0.238 e. The second kappa shape index (κ2) is 5.24. The average molecular weight is 266 g/mol. The topological polar surface area (TPSA) is 80.9 Å². The molecule has 1 aromatic heterocycles. The number of thioether (sulfide) groups is 1. The number of nitrogens with zero attached hydrogens (tertiary/aromatic N) is 2. The van der Waals surface area contributed by atoms with E-state index in [-0.39, 0.29) is 5.91 Å². The largest absolute Gasteiger partial charge is 0.368 e. The van der Waals surface area contributed by atoms with Crippen LogP contribution < -0.4 is 11.1 Å². The molecule has 0 aliphatic heterocycles. The van der Waals surface area contributed by atoms with E-state index >= 15 is 0 Å². The van der Waals surface area contributed by atoms with Gasteiger partial charge in [0, 0.05) is 17.6 Å². The van der Waals surface area contributed by atoms with Crippen molar-refractivity contribution in [2.75, 3.05) is 12.8 Å². The molecule has 0 saturated heterocycles. The summed E-state index contributed by atoms with van der Waals surface area (Å²) in [5, 5.41) is 3.80. The fourth-order valence-electron chi connectivity index (χ4n) is 2.04. The van der Waals surface area contributed by atoms with Gasteiger partial charge in [-0.25, -0.2) is 9.97 Å². The predicted octanol–water partition coefficient (Wildman–Crippen LogP) is 0.731. The lowest BCUT2D eigenvalue weighted by molar-refractivity contribution is -0.124. The van der Waals surface area contributed by atoms with Crippen LogP contribution in [-0.2, 0) is 4.79 Å². The van der Waals surface area contributed by atoms with Crippen LogP contribution in [0.2, 0.25) is 0 Å². The number of hydrogen-bond donors (Lipinski definition) is 2. The molecule has 0 bridgehead atoms. The summed E-state index contributed by atoms with van der Waals surface area (Å²) in [4.78, 5) is 20.2. The molecule has 1 amide bonds. The highest BCUT2D eigenvalue weighted by Gasteiger charge is 2.48. The van der Waals surface area contributed by atoms with Crippen LogP contribution in [0.25, 0.3) is 0 Å². The van der Waals surface area contributed by atoms with Gasteiger partial charge < -0.3 is 11.1 Å². The minimum absolute atomic E-state index is 0.285. The van der Waals surface area contributed by atoms with Crippen LogP contribution in [0.15, 0.2) is 17.4 Å². The first-order valence-electron chi connectivity index (χ1n) is 6.00. The van der Waals surface area contributed by atoms with Crippen molar-refractivity contribution in [3.63, 3.8) is 0 Å².